The van der Waals surface area contributed by atoms with Crippen LogP contribution < -0.4 is 9.47 Å². The Hall–Kier alpha value is -2.38. The van der Waals surface area contributed by atoms with Gasteiger partial charge in [0.05, 0.1) is 0 Å². The Morgan fingerprint density at radius 3 is 2.11 bits per heavy atom. The average Bonchev–Trinajstić information content (AvgIpc) is 2.83. The van der Waals surface area contributed by atoms with Gasteiger partial charge in [0, 0.05) is 17.7 Å². The molecule has 0 unspecified atom stereocenters. The minimum absolute atomic E-state index is 0.0636. The van der Waals surface area contributed by atoms with Crippen LogP contribution in [0.1, 0.15) is 82.6 Å². The lowest BCUT2D eigenvalue weighted by atomic mass is 9.68. The van der Waals surface area contributed by atoms with Crippen molar-refractivity contribution in [1.29, 1.82) is 0 Å². The molecule has 0 saturated heterocycles. The van der Waals surface area contributed by atoms with Crippen LogP contribution in [0.5, 0.6) is 17.2 Å². The average molecular weight is 514 g/mol. The molecular weight excluding hydrogens is 482 g/mol. The summed E-state index contributed by atoms with van der Waals surface area (Å²) >= 11 is 0. The van der Waals surface area contributed by atoms with E-state index >= 15 is 4.39 Å². The number of rotatable bonds is 7. The fourth-order valence-corrected chi connectivity index (χ4v) is 6.05. The van der Waals surface area contributed by atoms with Crippen LogP contribution in [0.4, 0.5) is 26.3 Å². The minimum atomic E-state index is -5.05. The molecule has 0 amide bonds. The molecule has 2 aromatic carbocycles. The maximum Gasteiger partial charge on any atom is 0.573 e. The number of halogens is 6. The highest BCUT2D eigenvalue weighted by atomic mass is 19.4. The summed E-state index contributed by atoms with van der Waals surface area (Å²) in [5, 5.41) is 0. The minimum Gasteiger partial charge on any atom is -0.453 e. The Labute approximate surface area is 208 Å². The normalized spacial score (nSPS) is 25.0. The van der Waals surface area contributed by atoms with E-state index in [2.05, 4.69) is 17.7 Å². The van der Waals surface area contributed by atoms with E-state index < -0.39 is 35.3 Å². The Morgan fingerprint density at radius 1 is 0.889 bits per heavy atom. The molecule has 2 aromatic rings. The lowest BCUT2D eigenvalue weighted by molar-refractivity contribution is -0.275. The van der Waals surface area contributed by atoms with Gasteiger partial charge >= 0.3 is 6.36 Å². The molecule has 2 aliphatic rings. The fourth-order valence-electron chi connectivity index (χ4n) is 6.05. The van der Waals surface area contributed by atoms with Gasteiger partial charge in [-0.2, -0.15) is 0 Å². The molecule has 0 spiro atoms. The van der Waals surface area contributed by atoms with Gasteiger partial charge in [-0.3, -0.25) is 0 Å². The third kappa shape index (κ3) is 6.48. The van der Waals surface area contributed by atoms with Crippen molar-refractivity contribution in [2.24, 2.45) is 17.8 Å². The van der Waals surface area contributed by atoms with Gasteiger partial charge in [0.15, 0.2) is 23.1 Å². The van der Waals surface area contributed by atoms with Gasteiger partial charge in [-0.1, -0.05) is 32.6 Å². The van der Waals surface area contributed by atoms with Gasteiger partial charge in [-0.15, -0.1) is 13.2 Å². The number of ether oxygens (including phenoxy) is 2. The van der Waals surface area contributed by atoms with Crippen LogP contribution in [0, 0.1) is 41.3 Å². The summed E-state index contributed by atoms with van der Waals surface area (Å²) in [6.45, 7) is 2.23. The highest BCUT2D eigenvalue weighted by molar-refractivity contribution is 5.40. The Bertz CT molecular complexity index is 1020. The van der Waals surface area contributed by atoms with Crippen molar-refractivity contribution in [2.45, 2.75) is 83.4 Å². The summed E-state index contributed by atoms with van der Waals surface area (Å²) in [5.74, 6) is -2.83. The molecule has 2 fully saturated rings. The molecule has 0 N–H and O–H groups in total. The van der Waals surface area contributed by atoms with E-state index in [1.807, 2.05) is 0 Å². The highest BCUT2D eigenvalue weighted by Crippen LogP contribution is 2.46. The first-order valence-electron chi connectivity index (χ1n) is 12.8. The first kappa shape index (κ1) is 26.7. The van der Waals surface area contributed by atoms with Crippen molar-refractivity contribution in [2.75, 3.05) is 0 Å². The number of alkyl halides is 3. The van der Waals surface area contributed by atoms with Gasteiger partial charge in [-0.05, 0) is 80.4 Å². The molecule has 2 aliphatic carbocycles. The summed E-state index contributed by atoms with van der Waals surface area (Å²) in [4.78, 5) is 0. The van der Waals surface area contributed by atoms with E-state index in [0.29, 0.717) is 30.7 Å². The Kier molecular flexibility index (Phi) is 8.41. The second-order valence-corrected chi connectivity index (χ2v) is 10.1. The molecule has 1 radical (unpaired) electrons. The van der Waals surface area contributed by atoms with Crippen LogP contribution in [-0.4, -0.2) is 6.36 Å². The molecule has 8 heteroatoms. The van der Waals surface area contributed by atoms with Gasteiger partial charge in [-0.25, -0.2) is 13.2 Å². The van der Waals surface area contributed by atoms with Crippen LogP contribution in [0.15, 0.2) is 24.3 Å². The topological polar surface area (TPSA) is 18.5 Å². The van der Waals surface area contributed by atoms with Gasteiger partial charge < -0.3 is 9.47 Å². The molecule has 2 nitrogen and oxygen atoms in total. The van der Waals surface area contributed by atoms with Crippen LogP contribution >= 0.6 is 0 Å². The van der Waals surface area contributed by atoms with Gasteiger partial charge in [0.1, 0.15) is 11.6 Å². The van der Waals surface area contributed by atoms with Crippen molar-refractivity contribution in [3.05, 3.63) is 53.3 Å². The molecule has 2 saturated carbocycles. The molecule has 0 atom stereocenters. The number of hydrogen-bond acceptors (Lipinski definition) is 2. The van der Waals surface area contributed by atoms with E-state index in [-0.39, 0.29) is 17.2 Å². The molecule has 197 valence electrons. The SMILES string of the molecule is CCC[C@H]1CC[C@H](C2CCC(c3c(F)c[c]c(Oc4ccc(OC(F)(F)F)c(F)c4)c3F)CC2)CC1. The smallest absolute Gasteiger partial charge is 0.453 e. The van der Waals surface area contributed by atoms with Crippen LogP contribution in [0.3, 0.4) is 0 Å². The molecule has 36 heavy (non-hydrogen) atoms. The zero-order chi connectivity index (χ0) is 25.9. The Morgan fingerprint density at radius 2 is 1.53 bits per heavy atom. The summed E-state index contributed by atoms with van der Waals surface area (Å²) in [6.07, 6.45) is 5.71. The van der Waals surface area contributed by atoms with E-state index in [1.54, 1.807) is 0 Å². The summed E-state index contributed by atoms with van der Waals surface area (Å²) in [5.41, 5.74) is -0.0636. The maximum atomic E-state index is 15.3. The Balaban J connectivity index is 1.41. The first-order chi connectivity index (χ1) is 17.1. The molecular formula is C28H31F6O2. The third-order valence-corrected chi connectivity index (χ3v) is 7.81. The second kappa shape index (κ2) is 11.3. The van der Waals surface area contributed by atoms with E-state index in [0.717, 1.165) is 37.0 Å². The maximum absolute atomic E-state index is 15.3. The molecule has 4 rings (SSSR count). The van der Waals surface area contributed by atoms with Gasteiger partial charge in [0.25, 0.3) is 0 Å². The van der Waals surface area contributed by atoms with E-state index in [1.165, 1.54) is 38.5 Å². The quantitative estimate of drug-likeness (QED) is 0.343. The summed E-state index contributed by atoms with van der Waals surface area (Å²) < 4.78 is 89.9. The first-order valence-corrected chi connectivity index (χ1v) is 12.8. The van der Waals surface area contributed by atoms with Crippen molar-refractivity contribution < 1.29 is 35.8 Å². The molecule has 0 heterocycles. The zero-order valence-corrected chi connectivity index (χ0v) is 20.3. The van der Waals surface area contributed by atoms with E-state index in [9.17, 15) is 22.0 Å². The van der Waals surface area contributed by atoms with Crippen molar-refractivity contribution in [1.82, 2.24) is 0 Å². The summed E-state index contributed by atoms with van der Waals surface area (Å²) in [6, 6.07) is 5.77. The molecule has 0 aliphatic heterocycles. The predicted octanol–water partition coefficient (Wildman–Crippen LogP) is 9.48. The lowest BCUT2D eigenvalue weighted by Gasteiger charge is -2.38. The second-order valence-electron chi connectivity index (χ2n) is 10.1. The van der Waals surface area contributed by atoms with Gasteiger partial charge in [0.2, 0.25) is 0 Å². The summed E-state index contributed by atoms with van der Waals surface area (Å²) in [7, 11) is 0. The molecule has 0 aromatic heterocycles. The van der Waals surface area contributed by atoms with Crippen LogP contribution in [0.2, 0.25) is 0 Å². The van der Waals surface area contributed by atoms with E-state index in [4.69, 9.17) is 4.74 Å². The van der Waals surface area contributed by atoms with Crippen molar-refractivity contribution in [3.63, 3.8) is 0 Å². The van der Waals surface area contributed by atoms with Crippen molar-refractivity contribution in [3.8, 4) is 17.2 Å². The molecule has 0 bridgehead atoms. The standard InChI is InChI=1S/C28H31F6O2/c1-2-3-17-4-6-18(7-5-17)19-8-10-20(11-9-19)26-22(29)13-15-25(27(26)31)35-21-12-14-24(23(30)16-21)36-28(32,33)34/h12-14,16-20H,2-11H2,1H3/t17-,18-,19?,20?. The fraction of sp³-hybridized carbons (Fsp3) is 0.571. The predicted molar refractivity (Wildman–Crippen MR) is 123 cm³/mol. The highest BCUT2D eigenvalue weighted by Gasteiger charge is 2.34. The third-order valence-electron chi connectivity index (χ3n) is 7.81. The van der Waals surface area contributed by atoms with Crippen LogP contribution in [0.25, 0.3) is 0 Å². The number of benzene rings is 2. The van der Waals surface area contributed by atoms with Crippen molar-refractivity contribution >= 4 is 0 Å². The lowest BCUT2D eigenvalue weighted by Crippen LogP contribution is -2.26. The number of hydrogen-bond donors (Lipinski definition) is 0. The monoisotopic (exact) mass is 513 g/mol. The largest absolute Gasteiger partial charge is 0.573 e. The van der Waals surface area contributed by atoms with Crippen LogP contribution in [-0.2, 0) is 0 Å². The zero-order valence-electron chi connectivity index (χ0n) is 20.3.